The normalized spacial score (nSPS) is 15.1. The summed E-state index contributed by atoms with van der Waals surface area (Å²) in [6.07, 6.45) is 4.06. The second-order valence-electron chi connectivity index (χ2n) is 6.08. The summed E-state index contributed by atoms with van der Waals surface area (Å²) in [5.41, 5.74) is 1.80. The molecule has 0 N–H and O–H groups in total. The van der Waals surface area contributed by atoms with E-state index in [0.717, 1.165) is 28.6 Å². The van der Waals surface area contributed by atoms with E-state index in [1.54, 1.807) is 26.0 Å². The van der Waals surface area contributed by atoms with E-state index in [9.17, 15) is 0 Å². The van der Waals surface area contributed by atoms with Crippen molar-refractivity contribution in [2.45, 2.75) is 24.3 Å². The van der Waals surface area contributed by atoms with Gasteiger partial charge in [0.25, 0.3) is 0 Å². The molecule has 6 heteroatoms. The van der Waals surface area contributed by atoms with E-state index >= 15 is 0 Å². The molecule has 2 heterocycles. The summed E-state index contributed by atoms with van der Waals surface area (Å²) in [7, 11) is 3.27. The van der Waals surface area contributed by atoms with E-state index in [1.165, 1.54) is 32.4 Å². The van der Waals surface area contributed by atoms with Crippen molar-refractivity contribution in [2.24, 2.45) is 0 Å². The highest BCUT2D eigenvalue weighted by Crippen LogP contribution is 2.31. The summed E-state index contributed by atoms with van der Waals surface area (Å²) >= 11 is 1.77. The summed E-state index contributed by atoms with van der Waals surface area (Å²) in [4.78, 5) is 2.54. The van der Waals surface area contributed by atoms with Gasteiger partial charge in [0.05, 0.1) is 19.9 Å². The van der Waals surface area contributed by atoms with Crippen LogP contribution in [0.1, 0.15) is 19.3 Å². The lowest BCUT2D eigenvalue weighted by atomic mass is 10.1. The number of ether oxygens (including phenoxy) is 2. The minimum atomic E-state index is 0.696. The van der Waals surface area contributed by atoms with Crippen molar-refractivity contribution in [3.8, 4) is 22.8 Å². The molecule has 0 amide bonds. The fourth-order valence-corrected chi connectivity index (χ4v) is 3.83. The molecule has 25 heavy (non-hydrogen) atoms. The minimum Gasteiger partial charge on any atom is -0.493 e. The Hall–Kier alpha value is -1.79. The molecule has 1 fully saturated rings. The Bertz CT molecular complexity index is 673. The summed E-state index contributed by atoms with van der Waals surface area (Å²) in [6.45, 7) is 3.61. The molecule has 0 saturated carbocycles. The average molecular weight is 359 g/mol. The van der Waals surface area contributed by atoms with Crippen LogP contribution in [0.5, 0.6) is 11.5 Å². The van der Waals surface area contributed by atoms with Crippen LogP contribution in [0.25, 0.3) is 11.3 Å². The maximum atomic E-state index is 5.35. The smallest absolute Gasteiger partial charge is 0.161 e. The number of hydrogen-bond donors (Lipinski definition) is 0. The van der Waals surface area contributed by atoms with Crippen LogP contribution in [0.2, 0.25) is 0 Å². The second kappa shape index (κ2) is 9.06. The first-order valence-electron chi connectivity index (χ1n) is 8.71. The van der Waals surface area contributed by atoms with Gasteiger partial charge in [-0.15, -0.1) is 22.0 Å². The van der Waals surface area contributed by atoms with Gasteiger partial charge in [-0.25, -0.2) is 0 Å². The summed E-state index contributed by atoms with van der Waals surface area (Å²) in [5, 5.41) is 9.70. The van der Waals surface area contributed by atoms with Crippen LogP contribution in [0, 0.1) is 0 Å². The van der Waals surface area contributed by atoms with Gasteiger partial charge in [0.15, 0.2) is 11.5 Å². The van der Waals surface area contributed by atoms with Crippen molar-refractivity contribution < 1.29 is 9.47 Å². The van der Waals surface area contributed by atoms with Crippen LogP contribution in [-0.4, -0.2) is 54.7 Å². The molecule has 1 aliphatic heterocycles. The number of rotatable bonds is 7. The molecule has 0 bridgehead atoms. The SMILES string of the molecule is COc1ccc(-c2ccc(SCCN3CCCCC3)nn2)cc1OC. The summed E-state index contributed by atoms with van der Waals surface area (Å²) in [5.74, 6) is 2.47. The fraction of sp³-hybridized carbons (Fsp3) is 0.474. The molecule has 1 saturated heterocycles. The molecule has 134 valence electrons. The number of likely N-dealkylation sites (tertiary alicyclic amines) is 1. The third-order valence-electron chi connectivity index (χ3n) is 4.43. The van der Waals surface area contributed by atoms with Gasteiger partial charge in [-0.2, -0.15) is 0 Å². The first kappa shape index (κ1) is 18.0. The molecule has 0 unspecified atom stereocenters. The van der Waals surface area contributed by atoms with Crippen molar-refractivity contribution in [2.75, 3.05) is 39.6 Å². The largest absolute Gasteiger partial charge is 0.493 e. The molecule has 0 spiro atoms. The van der Waals surface area contributed by atoms with Crippen molar-refractivity contribution in [1.82, 2.24) is 15.1 Å². The van der Waals surface area contributed by atoms with E-state index in [-0.39, 0.29) is 0 Å². The zero-order valence-electron chi connectivity index (χ0n) is 14.9. The number of aromatic nitrogens is 2. The van der Waals surface area contributed by atoms with Crippen LogP contribution in [0.15, 0.2) is 35.4 Å². The molecule has 3 rings (SSSR count). The van der Waals surface area contributed by atoms with Crippen LogP contribution in [0.3, 0.4) is 0 Å². The Balaban J connectivity index is 1.58. The molecular weight excluding hydrogens is 334 g/mol. The van der Waals surface area contributed by atoms with Gasteiger partial charge in [0.2, 0.25) is 0 Å². The molecule has 0 atom stereocenters. The molecule has 1 aromatic heterocycles. The van der Waals surface area contributed by atoms with Crippen LogP contribution in [0.4, 0.5) is 0 Å². The van der Waals surface area contributed by atoms with Crippen molar-refractivity contribution in [3.05, 3.63) is 30.3 Å². The first-order valence-corrected chi connectivity index (χ1v) is 9.70. The van der Waals surface area contributed by atoms with Gasteiger partial charge < -0.3 is 14.4 Å². The number of benzene rings is 1. The Morgan fingerprint density at radius 1 is 0.960 bits per heavy atom. The Labute approximate surface area is 153 Å². The molecule has 5 nitrogen and oxygen atoms in total. The van der Waals surface area contributed by atoms with E-state index in [1.807, 2.05) is 30.3 Å². The molecular formula is C19H25N3O2S. The van der Waals surface area contributed by atoms with Crippen LogP contribution >= 0.6 is 11.8 Å². The van der Waals surface area contributed by atoms with Gasteiger partial charge in [-0.3, -0.25) is 0 Å². The topological polar surface area (TPSA) is 47.5 Å². The van der Waals surface area contributed by atoms with Gasteiger partial charge in [-0.05, 0) is 56.3 Å². The third kappa shape index (κ3) is 4.86. The van der Waals surface area contributed by atoms with Gasteiger partial charge in [0.1, 0.15) is 5.03 Å². The molecule has 0 radical (unpaired) electrons. The monoisotopic (exact) mass is 359 g/mol. The number of nitrogens with zero attached hydrogens (tertiary/aromatic N) is 3. The second-order valence-corrected chi connectivity index (χ2v) is 7.19. The van der Waals surface area contributed by atoms with Crippen molar-refractivity contribution >= 4 is 11.8 Å². The predicted octanol–water partition coefficient (Wildman–Crippen LogP) is 3.74. The van der Waals surface area contributed by atoms with Crippen LogP contribution < -0.4 is 9.47 Å². The van der Waals surface area contributed by atoms with E-state index in [2.05, 4.69) is 15.1 Å². The van der Waals surface area contributed by atoms with Crippen LogP contribution in [-0.2, 0) is 0 Å². The maximum Gasteiger partial charge on any atom is 0.161 e. The number of methoxy groups -OCH3 is 2. The zero-order chi connectivity index (χ0) is 17.5. The number of piperidine rings is 1. The first-order chi connectivity index (χ1) is 12.3. The highest BCUT2D eigenvalue weighted by Gasteiger charge is 2.10. The molecule has 1 aliphatic rings. The van der Waals surface area contributed by atoms with E-state index in [4.69, 9.17) is 9.47 Å². The predicted molar refractivity (Wildman–Crippen MR) is 102 cm³/mol. The average Bonchev–Trinajstić information content (AvgIpc) is 2.69. The minimum absolute atomic E-state index is 0.696. The quantitative estimate of drug-likeness (QED) is 0.702. The maximum absolute atomic E-state index is 5.35. The summed E-state index contributed by atoms with van der Waals surface area (Å²) in [6, 6.07) is 9.83. The zero-order valence-corrected chi connectivity index (χ0v) is 15.7. The van der Waals surface area contributed by atoms with Gasteiger partial charge in [-0.1, -0.05) is 6.42 Å². The van der Waals surface area contributed by atoms with E-state index in [0.29, 0.717) is 11.5 Å². The lowest BCUT2D eigenvalue weighted by molar-refractivity contribution is 0.242. The van der Waals surface area contributed by atoms with Gasteiger partial charge in [0, 0.05) is 17.9 Å². The number of thioether (sulfide) groups is 1. The third-order valence-corrected chi connectivity index (χ3v) is 5.33. The Kier molecular flexibility index (Phi) is 6.53. The van der Waals surface area contributed by atoms with Gasteiger partial charge >= 0.3 is 0 Å². The molecule has 1 aromatic carbocycles. The number of hydrogen-bond acceptors (Lipinski definition) is 6. The standard InChI is InChI=1S/C19H25N3O2S/c1-23-17-8-6-15(14-18(17)24-2)16-7-9-19(21-20-16)25-13-12-22-10-4-3-5-11-22/h6-9,14H,3-5,10-13H2,1-2H3. The molecule has 0 aliphatic carbocycles. The lowest BCUT2D eigenvalue weighted by Gasteiger charge is -2.25. The van der Waals surface area contributed by atoms with E-state index < -0.39 is 0 Å². The highest BCUT2D eigenvalue weighted by atomic mass is 32.2. The fourth-order valence-electron chi connectivity index (χ4n) is 3.01. The Morgan fingerprint density at radius 3 is 2.44 bits per heavy atom. The summed E-state index contributed by atoms with van der Waals surface area (Å²) < 4.78 is 10.6. The molecule has 2 aromatic rings. The Morgan fingerprint density at radius 2 is 1.76 bits per heavy atom. The lowest BCUT2D eigenvalue weighted by Crippen LogP contribution is -2.31. The highest BCUT2D eigenvalue weighted by molar-refractivity contribution is 7.99. The van der Waals surface area contributed by atoms with Crippen molar-refractivity contribution in [1.29, 1.82) is 0 Å². The van der Waals surface area contributed by atoms with Crippen molar-refractivity contribution in [3.63, 3.8) is 0 Å².